The minimum Gasteiger partial charge on any atom is -0.347 e. The molecule has 1 N–H and O–H groups in total. The quantitative estimate of drug-likeness (QED) is 0.574. The van der Waals surface area contributed by atoms with E-state index in [1.807, 2.05) is 70.0 Å². The Bertz CT molecular complexity index is 1040. The molecule has 6 heteroatoms. The second-order valence-corrected chi connectivity index (χ2v) is 6.51. The molecule has 0 fully saturated rings. The number of benzene rings is 1. The number of imidazole rings is 2. The number of hydrogen-bond donors (Lipinski definition) is 1. The Hall–Kier alpha value is -3.41. The van der Waals surface area contributed by atoms with Gasteiger partial charge >= 0.3 is 0 Å². The highest BCUT2D eigenvalue weighted by molar-refractivity contribution is 5.94. The molecule has 0 radical (unpaired) electrons. The number of amides is 1. The van der Waals surface area contributed by atoms with Gasteiger partial charge < -0.3 is 14.3 Å². The predicted molar refractivity (Wildman–Crippen MR) is 104 cm³/mol. The average Bonchev–Trinajstić information content (AvgIpc) is 3.37. The van der Waals surface area contributed by atoms with Crippen molar-refractivity contribution in [3.8, 4) is 11.3 Å². The summed E-state index contributed by atoms with van der Waals surface area (Å²) in [4.78, 5) is 21.4. The molecule has 0 unspecified atom stereocenters. The van der Waals surface area contributed by atoms with Gasteiger partial charge in [0.1, 0.15) is 5.65 Å². The molecule has 136 valence electrons. The Balaban J connectivity index is 1.53. The van der Waals surface area contributed by atoms with Crippen molar-refractivity contribution < 1.29 is 4.79 Å². The number of hydrogen-bond acceptors (Lipinski definition) is 3. The fourth-order valence-corrected chi connectivity index (χ4v) is 3.07. The Labute approximate surface area is 157 Å². The van der Waals surface area contributed by atoms with E-state index in [0.717, 1.165) is 23.3 Å². The summed E-state index contributed by atoms with van der Waals surface area (Å²) in [7, 11) is 0. The summed E-state index contributed by atoms with van der Waals surface area (Å²) in [6.45, 7) is 2.76. The van der Waals surface area contributed by atoms with Crippen molar-refractivity contribution in [2.24, 2.45) is 0 Å². The number of nitrogens with one attached hydrogen (secondary N) is 1. The van der Waals surface area contributed by atoms with Crippen molar-refractivity contribution in [3.05, 3.63) is 79.1 Å². The first-order chi connectivity index (χ1) is 13.2. The molecule has 0 aliphatic carbocycles. The molecular weight excluding hydrogens is 338 g/mol. The van der Waals surface area contributed by atoms with Crippen LogP contribution in [-0.2, 0) is 6.54 Å². The molecule has 3 heterocycles. The first-order valence-corrected chi connectivity index (χ1v) is 9.03. The van der Waals surface area contributed by atoms with Gasteiger partial charge in [-0.25, -0.2) is 9.97 Å². The van der Waals surface area contributed by atoms with Crippen LogP contribution in [-0.4, -0.2) is 30.9 Å². The molecule has 27 heavy (non-hydrogen) atoms. The lowest BCUT2D eigenvalue weighted by atomic mass is 10.2. The van der Waals surface area contributed by atoms with Crippen LogP contribution in [0.3, 0.4) is 0 Å². The molecule has 0 saturated heterocycles. The topological polar surface area (TPSA) is 64.2 Å². The first-order valence-electron chi connectivity index (χ1n) is 9.03. The van der Waals surface area contributed by atoms with Crippen molar-refractivity contribution in [1.29, 1.82) is 0 Å². The van der Waals surface area contributed by atoms with E-state index in [2.05, 4.69) is 22.2 Å². The minimum absolute atomic E-state index is 0.0464. The van der Waals surface area contributed by atoms with E-state index in [-0.39, 0.29) is 11.9 Å². The van der Waals surface area contributed by atoms with E-state index in [4.69, 9.17) is 0 Å². The van der Waals surface area contributed by atoms with Crippen LogP contribution in [0, 0.1) is 0 Å². The summed E-state index contributed by atoms with van der Waals surface area (Å²) >= 11 is 0. The Morgan fingerprint density at radius 2 is 2.00 bits per heavy atom. The van der Waals surface area contributed by atoms with E-state index in [9.17, 15) is 4.79 Å². The third kappa shape index (κ3) is 3.74. The van der Waals surface area contributed by atoms with E-state index >= 15 is 0 Å². The lowest BCUT2D eigenvalue weighted by Crippen LogP contribution is -2.37. The number of fused-ring (bicyclic) bond motifs is 1. The summed E-state index contributed by atoms with van der Waals surface area (Å²) in [5, 5.41) is 3.10. The molecule has 0 aliphatic heterocycles. The van der Waals surface area contributed by atoms with Crippen molar-refractivity contribution in [1.82, 2.24) is 24.3 Å². The highest BCUT2D eigenvalue weighted by atomic mass is 16.1. The standard InChI is InChI=1S/C21H21N5O/c1-2-18(13-25-11-10-22-15-25)23-21(27)17-8-9-20-24-19(14-26(20)12-17)16-6-4-3-5-7-16/h3-12,14-15,18H,2,13H2,1H3,(H,23,27)/t18-/m1/s1. The molecule has 4 aromatic rings. The Morgan fingerprint density at radius 3 is 2.74 bits per heavy atom. The Morgan fingerprint density at radius 1 is 1.15 bits per heavy atom. The SMILES string of the molecule is CC[C@H](Cn1ccnc1)NC(=O)c1ccc2nc(-c3ccccc3)cn2c1. The summed E-state index contributed by atoms with van der Waals surface area (Å²) in [5.41, 5.74) is 3.37. The van der Waals surface area contributed by atoms with Crippen LogP contribution in [0.4, 0.5) is 0 Å². The van der Waals surface area contributed by atoms with Crippen molar-refractivity contribution in [2.45, 2.75) is 25.9 Å². The predicted octanol–water partition coefficient (Wildman–Crippen LogP) is 3.41. The van der Waals surface area contributed by atoms with Crippen LogP contribution in [0.15, 0.2) is 73.6 Å². The number of aromatic nitrogens is 4. The zero-order valence-corrected chi connectivity index (χ0v) is 15.1. The number of rotatable bonds is 6. The molecule has 1 amide bonds. The van der Waals surface area contributed by atoms with Gasteiger partial charge in [0, 0.05) is 42.9 Å². The largest absolute Gasteiger partial charge is 0.347 e. The lowest BCUT2D eigenvalue weighted by molar-refractivity contribution is 0.0931. The third-order valence-electron chi connectivity index (χ3n) is 4.60. The van der Waals surface area contributed by atoms with E-state index in [1.165, 1.54) is 0 Å². The van der Waals surface area contributed by atoms with Crippen LogP contribution in [0.5, 0.6) is 0 Å². The maximum Gasteiger partial charge on any atom is 0.253 e. The highest BCUT2D eigenvalue weighted by Gasteiger charge is 2.14. The number of carbonyl (C=O) groups is 1. The fourth-order valence-electron chi connectivity index (χ4n) is 3.07. The minimum atomic E-state index is -0.0844. The molecule has 4 rings (SSSR count). The van der Waals surface area contributed by atoms with Gasteiger partial charge in [-0.2, -0.15) is 0 Å². The van der Waals surface area contributed by atoms with Gasteiger partial charge in [0.05, 0.1) is 17.6 Å². The van der Waals surface area contributed by atoms with Gasteiger partial charge in [-0.05, 0) is 18.6 Å². The Kier molecular flexibility index (Phi) is 4.70. The monoisotopic (exact) mass is 359 g/mol. The van der Waals surface area contributed by atoms with Gasteiger partial charge in [0.2, 0.25) is 0 Å². The van der Waals surface area contributed by atoms with Crippen LogP contribution in [0.1, 0.15) is 23.7 Å². The third-order valence-corrected chi connectivity index (χ3v) is 4.60. The van der Waals surface area contributed by atoms with Gasteiger partial charge in [0.15, 0.2) is 0 Å². The molecular formula is C21H21N5O. The molecule has 6 nitrogen and oxygen atoms in total. The van der Waals surface area contributed by atoms with Gasteiger partial charge in [0.25, 0.3) is 5.91 Å². The zero-order valence-electron chi connectivity index (χ0n) is 15.1. The molecule has 0 bridgehead atoms. The molecule has 0 spiro atoms. The van der Waals surface area contributed by atoms with Gasteiger partial charge in [-0.15, -0.1) is 0 Å². The molecule has 0 aliphatic rings. The lowest BCUT2D eigenvalue weighted by Gasteiger charge is -2.17. The van der Waals surface area contributed by atoms with E-state index in [1.54, 1.807) is 12.5 Å². The molecule has 1 aromatic carbocycles. The van der Waals surface area contributed by atoms with E-state index < -0.39 is 0 Å². The second kappa shape index (κ2) is 7.45. The first kappa shape index (κ1) is 17.0. The van der Waals surface area contributed by atoms with Gasteiger partial charge in [-0.1, -0.05) is 37.3 Å². The molecule has 1 atom stereocenters. The van der Waals surface area contributed by atoms with Crippen LogP contribution in [0.2, 0.25) is 0 Å². The summed E-state index contributed by atoms with van der Waals surface area (Å²) in [6, 6.07) is 13.7. The second-order valence-electron chi connectivity index (χ2n) is 6.51. The fraction of sp³-hybridized carbons (Fsp3) is 0.190. The maximum atomic E-state index is 12.7. The highest BCUT2D eigenvalue weighted by Crippen LogP contribution is 2.19. The smallest absolute Gasteiger partial charge is 0.253 e. The van der Waals surface area contributed by atoms with E-state index in [0.29, 0.717) is 12.1 Å². The normalized spacial score (nSPS) is 12.2. The van der Waals surface area contributed by atoms with Crippen molar-refractivity contribution in [2.75, 3.05) is 0 Å². The van der Waals surface area contributed by atoms with Crippen molar-refractivity contribution >= 4 is 11.6 Å². The zero-order chi connectivity index (χ0) is 18.6. The number of carbonyl (C=O) groups excluding carboxylic acids is 1. The maximum absolute atomic E-state index is 12.7. The van der Waals surface area contributed by atoms with Crippen molar-refractivity contribution in [3.63, 3.8) is 0 Å². The number of pyridine rings is 1. The molecule has 0 saturated carbocycles. The van der Waals surface area contributed by atoms with Crippen LogP contribution >= 0.6 is 0 Å². The summed E-state index contributed by atoms with van der Waals surface area (Å²) in [5.74, 6) is -0.0844. The number of nitrogens with zero attached hydrogens (tertiary/aromatic N) is 4. The van der Waals surface area contributed by atoms with Crippen LogP contribution < -0.4 is 5.32 Å². The molecule has 3 aromatic heterocycles. The summed E-state index contributed by atoms with van der Waals surface area (Å²) in [6.07, 6.45) is 10.0. The average molecular weight is 359 g/mol. The van der Waals surface area contributed by atoms with Gasteiger partial charge in [-0.3, -0.25) is 4.79 Å². The van der Waals surface area contributed by atoms with Crippen LogP contribution in [0.25, 0.3) is 16.9 Å². The summed E-state index contributed by atoms with van der Waals surface area (Å²) < 4.78 is 3.87.